The van der Waals surface area contributed by atoms with E-state index in [4.69, 9.17) is 0 Å². The van der Waals surface area contributed by atoms with Gasteiger partial charge in [-0.05, 0) is 41.1 Å². The van der Waals surface area contributed by atoms with Crippen LogP contribution >= 0.6 is 27.3 Å². The fourth-order valence-corrected chi connectivity index (χ4v) is 2.40. The standard InChI is InChI=1S/C11H10BrN3O2S/c1-6-2-3-9(18-6)11(17)15-14-10(16)8-4-7(12)5-13-8/h2-5,13H,1H3,(H,14,16)(H,15,17). The lowest BCUT2D eigenvalue weighted by Crippen LogP contribution is -2.41. The Hall–Kier alpha value is -1.60. The number of aromatic nitrogens is 1. The van der Waals surface area contributed by atoms with Gasteiger partial charge in [-0.1, -0.05) is 0 Å². The van der Waals surface area contributed by atoms with Crippen LogP contribution in [-0.4, -0.2) is 16.8 Å². The van der Waals surface area contributed by atoms with Crippen molar-refractivity contribution >= 4 is 39.1 Å². The quantitative estimate of drug-likeness (QED) is 0.740. The SMILES string of the molecule is Cc1ccc(C(=O)NNC(=O)c2cc(Br)c[nH]2)s1. The van der Waals surface area contributed by atoms with Crippen LogP contribution in [0.4, 0.5) is 0 Å². The molecule has 18 heavy (non-hydrogen) atoms. The lowest BCUT2D eigenvalue weighted by Gasteiger charge is -2.04. The number of halogens is 1. The summed E-state index contributed by atoms with van der Waals surface area (Å²) in [7, 11) is 0. The molecule has 0 unspecified atom stereocenters. The minimum absolute atomic E-state index is 0.327. The van der Waals surface area contributed by atoms with Gasteiger partial charge >= 0.3 is 0 Å². The Labute approximate surface area is 116 Å². The lowest BCUT2D eigenvalue weighted by molar-refractivity contribution is 0.0846. The molecule has 0 aromatic carbocycles. The molecule has 0 saturated heterocycles. The fourth-order valence-electron chi connectivity index (χ4n) is 1.30. The molecule has 0 spiro atoms. The van der Waals surface area contributed by atoms with E-state index in [1.807, 2.05) is 13.0 Å². The van der Waals surface area contributed by atoms with Gasteiger partial charge < -0.3 is 4.98 Å². The highest BCUT2D eigenvalue weighted by atomic mass is 79.9. The van der Waals surface area contributed by atoms with Crippen molar-refractivity contribution in [2.24, 2.45) is 0 Å². The van der Waals surface area contributed by atoms with Gasteiger partial charge in [0.1, 0.15) is 5.69 Å². The van der Waals surface area contributed by atoms with Crippen LogP contribution in [0.5, 0.6) is 0 Å². The topological polar surface area (TPSA) is 74.0 Å². The number of H-pyrrole nitrogens is 1. The zero-order chi connectivity index (χ0) is 13.1. The van der Waals surface area contributed by atoms with Crippen molar-refractivity contribution < 1.29 is 9.59 Å². The molecular weight excluding hydrogens is 318 g/mol. The minimum atomic E-state index is -0.401. The molecule has 94 valence electrons. The Morgan fingerprint density at radius 1 is 1.28 bits per heavy atom. The lowest BCUT2D eigenvalue weighted by atomic mass is 10.4. The van der Waals surface area contributed by atoms with E-state index in [1.54, 1.807) is 18.3 Å². The number of nitrogens with one attached hydrogen (secondary N) is 3. The molecule has 2 amide bonds. The second-order valence-electron chi connectivity index (χ2n) is 3.55. The summed E-state index contributed by atoms with van der Waals surface area (Å²) in [5.74, 6) is -0.727. The van der Waals surface area contributed by atoms with Crippen LogP contribution in [-0.2, 0) is 0 Å². The van der Waals surface area contributed by atoms with Gasteiger partial charge in [-0.15, -0.1) is 11.3 Å². The third-order valence-electron chi connectivity index (χ3n) is 2.15. The van der Waals surface area contributed by atoms with Crippen molar-refractivity contribution in [1.29, 1.82) is 0 Å². The third-order valence-corrected chi connectivity index (χ3v) is 3.60. The second-order valence-corrected chi connectivity index (χ2v) is 5.75. The first kappa shape index (κ1) is 12.8. The highest BCUT2D eigenvalue weighted by molar-refractivity contribution is 9.10. The normalized spacial score (nSPS) is 10.1. The van der Waals surface area contributed by atoms with Gasteiger partial charge in [-0.25, -0.2) is 0 Å². The highest BCUT2D eigenvalue weighted by Gasteiger charge is 2.11. The zero-order valence-electron chi connectivity index (χ0n) is 9.41. The van der Waals surface area contributed by atoms with E-state index >= 15 is 0 Å². The fraction of sp³-hybridized carbons (Fsp3) is 0.0909. The van der Waals surface area contributed by atoms with E-state index in [9.17, 15) is 9.59 Å². The number of carbonyl (C=O) groups is 2. The van der Waals surface area contributed by atoms with Crippen LogP contribution in [0.2, 0.25) is 0 Å². The Kier molecular flexibility index (Phi) is 3.83. The predicted molar refractivity (Wildman–Crippen MR) is 72.5 cm³/mol. The Balaban J connectivity index is 1.92. The van der Waals surface area contributed by atoms with Crippen LogP contribution in [0, 0.1) is 6.92 Å². The van der Waals surface area contributed by atoms with Crippen LogP contribution in [0.25, 0.3) is 0 Å². The van der Waals surface area contributed by atoms with E-state index in [0.717, 1.165) is 9.35 Å². The molecule has 0 fully saturated rings. The van der Waals surface area contributed by atoms with E-state index in [1.165, 1.54) is 11.3 Å². The molecule has 0 saturated carbocycles. The molecular formula is C11H10BrN3O2S. The van der Waals surface area contributed by atoms with Gasteiger partial charge in [0, 0.05) is 15.5 Å². The number of hydrogen-bond donors (Lipinski definition) is 3. The maximum atomic E-state index is 11.7. The first-order valence-electron chi connectivity index (χ1n) is 5.07. The second kappa shape index (κ2) is 5.36. The van der Waals surface area contributed by atoms with Crippen molar-refractivity contribution in [3.63, 3.8) is 0 Å². The van der Waals surface area contributed by atoms with Crippen LogP contribution < -0.4 is 10.9 Å². The van der Waals surface area contributed by atoms with Gasteiger partial charge in [-0.2, -0.15) is 0 Å². The Morgan fingerprint density at radius 2 is 2.00 bits per heavy atom. The molecule has 5 nitrogen and oxygen atoms in total. The van der Waals surface area contributed by atoms with Crippen molar-refractivity contribution in [3.8, 4) is 0 Å². The Bertz CT molecular complexity index is 538. The van der Waals surface area contributed by atoms with E-state index in [-0.39, 0.29) is 5.91 Å². The van der Waals surface area contributed by atoms with Crippen molar-refractivity contribution in [2.45, 2.75) is 6.92 Å². The molecule has 2 aromatic heterocycles. The molecule has 0 radical (unpaired) electrons. The molecule has 0 atom stereocenters. The molecule has 3 N–H and O–H groups in total. The molecule has 0 bridgehead atoms. The zero-order valence-corrected chi connectivity index (χ0v) is 11.8. The number of carbonyl (C=O) groups excluding carboxylic acids is 2. The molecule has 0 aliphatic carbocycles. The number of hydrogen-bond acceptors (Lipinski definition) is 3. The van der Waals surface area contributed by atoms with Gasteiger partial charge in [0.2, 0.25) is 0 Å². The first-order valence-corrected chi connectivity index (χ1v) is 6.68. The number of amides is 2. The largest absolute Gasteiger partial charge is 0.356 e. The van der Waals surface area contributed by atoms with Gasteiger partial charge in [0.25, 0.3) is 11.8 Å². The predicted octanol–water partition coefficient (Wildman–Crippen LogP) is 2.22. The highest BCUT2D eigenvalue weighted by Crippen LogP contribution is 2.14. The van der Waals surface area contributed by atoms with Crippen molar-refractivity contribution in [3.05, 3.63) is 44.3 Å². The maximum Gasteiger partial charge on any atom is 0.286 e. The minimum Gasteiger partial charge on any atom is -0.356 e. The number of aromatic amines is 1. The Morgan fingerprint density at radius 3 is 2.56 bits per heavy atom. The number of rotatable bonds is 2. The maximum absolute atomic E-state index is 11.7. The number of thiophene rings is 1. The third kappa shape index (κ3) is 2.99. The smallest absolute Gasteiger partial charge is 0.286 e. The summed E-state index contributed by atoms with van der Waals surface area (Å²) >= 11 is 4.59. The van der Waals surface area contributed by atoms with Crippen molar-refractivity contribution in [1.82, 2.24) is 15.8 Å². The van der Waals surface area contributed by atoms with Crippen LogP contribution in [0.3, 0.4) is 0 Å². The van der Waals surface area contributed by atoms with Crippen molar-refractivity contribution in [2.75, 3.05) is 0 Å². The first-order chi connectivity index (χ1) is 8.56. The molecule has 0 aliphatic heterocycles. The van der Waals surface area contributed by atoms with E-state index in [2.05, 4.69) is 31.8 Å². The molecule has 2 rings (SSSR count). The number of aryl methyl sites for hydroxylation is 1. The summed E-state index contributed by atoms with van der Waals surface area (Å²) in [6, 6.07) is 5.19. The average Bonchev–Trinajstić information content (AvgIpc) is 2.94. The van der Waals surface area contributed by atoms with Crippen LogP contribution in [0.1, 0.15) is 25.0 Å². The van der Waals surface area contributed by atoms with E-state index < -0.39 is 5.91 Å². The molecule has 0 aliphatic rings. The van der Waals surface area contributed by atoms with E-state index in [0.29, 0.717) is 10.6 Å². The van der Waals surface area contributed by atoms with Gasteiger partial charge in [0.15, 0.2) is 0 Å². The summed E-state index contributed by atoms with van der Waals surface area (Å²) in [6.07, 6.45) is 1.64. The molecule has 2 heterocycles. The number of hydrazine groups is 1. The summed E-state index contributed by atoms with van der Waals surface area (Å²) < 4.78 is 0.771. The summed E-state index contributed by atoms with van der Waals surface area (Å²) in [5, 5.41) is 0. The van der Waals surface area contributed by atoms with Crippen LogP contribution in [0.15, 0.2) is 28.9 Å². The monoisotopic (exact) mass is 327 g/mol. The summed E-state index contributed by atoms with van der Waals surface area (Å²) in [6.45, 7) is 1.91. The van der Waals surface area contributed by atoms with Gasteiger partial charge in [-0.3, -0.25) is 20.4 Å². The van der Waals surface area contributed by atoms with Gasteiger partial charge in [0.05, 0.1) is 4.88 Å². The molecule has 7 heteroatoms. The summed E-state index contributed by atoms with van der Waals surface area (Å²) in [4.78, 5) is 27.7. The molecule has 2 aromatic rings. The summed E-state index contributed by atoms with van der Waals surface area (Å²) in [5.41, 5.74) is 5.06. The average molecular weight is 328 g/mol.